The van der Waals surface area contributed by atoms with E-state index in [1.807, 2.05) is 22.8 Å². The zero-order valence-corrected chi connectivity index (χ0v) is 11.3. The van der Waals surface area contributed by atoms with Crippen molar-refractivity contribution in [1.29, 1.82) is 0 Å². The van der Waals surface area contributed by atoms with Crippen molar-refractivity contribution in [1.82, 2.24) is 14.6 Å². The third-order valence-electron chi connectivity index (χ3n) is 2.79. The van der Waals surface area contributed by atoms with Crippen LogP contribution in [-0.2, 0) is 6.42 Å². The van der Waals surface area contributed by atoms with Crippen LogP contribution in [0.3, 0.4) is 0 Å². The largest absolute Gasteiger partial charge is 0.358 e. The number of imidazole rings is 1. The summed E-state index contributed by atoms with van der Waals surface area (Å²) < 4.78 is 1.83. The molecule has 0 aromatic carbocycles. The van der Waals surface area contributed by atoms with Gasteiger partial charge < -0.3 is 10.6 Å². The van der Waals surface area contributed by atoms with E-state index in [0.717, 1.165) is 30.1 Å². The Hall–Kier alpha value is -1.62. The highest BCUT2D eigenvalue weighted by Gasteiger charge is 2.07. The molecule has 0 saturated heterocycles. The van der Waals surface area contributed by atoms with Gasteiger partial charge in [0.15, 0.2) is 5.65 Å². The lowest BCUT2D eigenvalue weighted by atomic mass is 10.2. The van der Waals surface area contributed by atoms with Gasteiger partial charge in [-0.05, 0) is 24.6 Å². The summed E-state index contributed by atoms with van der Waals surface area (Å²) in [6.45, 7) is 6.00. The average molecular weight is 247 g/mol. The first-order valence-electron chi connectivity index (χ1n) is 6.36. The summed E-state index contributed by atoms with van der Waals surface area (Å²) in [7, 11) is 2.06. The van der Waals surface area contributed by atoms with Crippen LogP contribution in [0.4, 0.5) is 5.82 Å². The Morgan fingerprint density at radius 2 is 2.17 bits per heavy atom. The molecule has 5 heteroatoms. The molecule has 2 rings (SSSR count). The van der Waals surface area contributed by atoms with E-state index in [1.54, 1.807) is 0 Å². The fraction of sp³-hybridized carbons (Fsp3) is 0.538. The second-order valence-corrected chi connectivity index (χ2v) is 5.04. The second kappa shape index (κ2) is 5.35. The van der Waals surface area contributed by atoms with Crippen LogP contribution in [0.15, 0.2) is 18.3 Å². The van der Waals surface area contributed by atoms with Crippen LogP contribution in [0.2, 0.25) is 0 Å². The molecule has 0 amide bonds. The number of fused-ring (bicyclic) bond motifs is 1. The maximum absolute atomic E-state index is 5.54. The van der Waals surface area contributed by atoms with Crippen molar-refractivity contribution in [2.45, 2.75) is 20.3 Å². The molecule has 2 aromatic rings. The first kappa shape index (κ1) is 12.8. The van der Waals surface area contributed by atoms with E-state index in [-0.39, 0.29) is 0 Å². The molecule has 2 N–H and O–H groups in total. The van der Waals surface area contributed by atoms with Gasteiger partial charge in [0, 0.05) is 20.0 Å². The van der Waals surface area contributed by atoms with E-state index < -0.39 is 0 Å². The van der Waals surface area contributed by atoms with Crippen molar-refractivity contribution in [2.24, 2.45) is 11.7 Å². The molecule has 0 bridgehead atoms. The normalized spacial score (nSPS) is 11.4. The summed E-state index contributed by atoms with van der Waals surface area (Å²) in [5.41, 5.74) is 7.41. The van der Waals surface area contributed by atoms with Gasteiger partial charge in [-0.15, -0.1) is 5.10 Å². The lowest BCUT2D eigenvalue weighted by molar-refractivity contribution is 0.631. The van der Waals surface area contributed by atoms with Crippen LogP contribution in [0.25, 0.3) is 5.65 Å². The van der Waals surface area contributed by atoms with Crippen molar-refractivity contribution in [2.75, 3.05) is 25.0 Å². The predicted molar refractivity (Wildman–Crippen MR) is 73.9 cm³/mol. The van der Waals surface area contributed by atoms with Gasteiger partial charge in [0.2, 0.25) is 0 Å². The summed E-state index contributed by atoms with van der Waals surface area (Å²) in [5.74, 6) is 1.58. The fourth-order valence-corrected chi connectivity index (χ4v) is 2.03. The van der Waals surface area contributed by atoms with Gasteiger partial charge >= 0.3 is 0 Å². The summed E-state index contributed by atoms with van der Waals surface area (Å²) in [5, 5.41) is 4.57. The predicted octanol–water partition coefficient (Wildman–Crippen LogP) is 1.32. The molecule has 0 aliphatic heterocycles. The van der Waals surface area contributed by atoms with Crippen molar-refractivity contribution in [3.8, 4) is 0 Å². The molecular weight excluding hydrogens is 226 g/mol. The third-order valence-corrected chi connectivity index (χ3v) is 2.79. The standard InChI is InChI=1S/C13H21N5/c1-10(2)8-17(3)13-5-4-12-15-11(6-7-14)9-18(12)16-13/h4-5,9-10H,6-8,14H2,1-3H3. The number of rotatable bonds is 5. The number of hydrogen-bond acceptors (Lipinski definition) is 4. The van der Waals surface area contributed by atoms with E-state index in [1.165, 1.54) is 0 Å². The van der Waals surface area contributed by atoms with Crippen LogP contribution >= 0.6 is 0 Å². The zero-order valence-electron chi connectivity index (χ0n) is 11.3. The minimum Gasteiger partial charge on any atom is -0.358 e. The van der Waals surface area contributed by atoms with Crippen LogP contribution in [-0.4, -0.2) is 34.7 Å². The van der Waals surface area contributed by atoms with E-state index in [2.05, 4.69) is 35.9 Å². The lowest BCUT2D eigenvalue weighted by Crippen LogP contribution is -2.23. The first-order valence-corrected chi connectivity index (χ1v) is 6.36. The van der Waals surface area contributed by atoms with Crippen LogP contribution in [0.1, 0.15) is 19.5 Å². The Bertz CT molecular complexity index is 517. The molecule has 98 valence electrons. The van der Waals surface area contributed by atoms with Crippen molar-refractivity contribution in [3.05, 3.63) is 24.0 Å². The van der Waals surface area contributed by atoms with Gasteiger partial charge in [0.05, 0.1) is 11.9 Å². The number of aromatic nitrogens is 3. The number of hydrogen-bond donors (Lipinski definition) is 1. The first-order chi connectivity index (χ1) is 8.60. The molecule has 0 aliphatic carbocycles. The maximum Gasteiger partial charge on any atom is 0.153 e. The number of anilines is 1. The summed E-state index contributed by atoms with van der Waals surface area (Å²) in [4.78, 5) is 6.63. The summed E-state index contributed by atoms with van der Waals surface area (Å²) in [6, 6.07) is 4.01. The number of nitrogens with two attached hydrogens (primary N) is 1. The van der Waals surface area contributed by atoms with Gasteiger partial charge in [-0.3, -0.25) is 0 Å². The van der Waals surface area contributed by atoms with Crippen LogP contribution in [0, 0.1) is 5.92 Å². The Kier molecular flexibility index (Phi) is 3.81. The molecule has 2 heterocycles. The van der Waals surface area contributed by atoms with Crippen molar-refractivity contribution < 1.29 is 0 Å². The lowest BCUT2D eigenvalue weighted by Gasteiger charge is -2.19. The van der Waals surface area contributed by atoms with Gasteiger partial charge in [-0.1, -0.05) is 13.8 Å². The molecule has 0 radical (unpaired) electrons. The monoisotopic (exact) mass is 247 g/mol. The van der Waals surface area contributed by atoms with Crippen molar-refractivity contribution >= 4 is 11.5 Å². The smallest absolute Gasteiger partial charge is 0.153 e. The molecule has 0 fully saturated rings. The van der Waals surface area contributed by atoms with Gasteiger partial charge in [-0.25, -0.2) is 9.50 Å². The third kappa shape index (κ3) is 2.79. The Balaban J connectivity index is 2.26. The van der Waals surface area contributed by atoms with E-state index in [4.69, 9.17) is 5.73 Å². The van der Waals surface area contributed by atoms with Gasteiger partial charge in [0.25, 0.3) is 0 Å². The molecule has 0 aliphatic rings. The van der Waals surface area contributed by atoms with Crippen molar-refractivity contribution in [3.63, 3.8) is 0 Å². The maximum atomic E-state index is 5.54. The number of nitrogens with zero attached hydrogens (tertiary/aromatic N) is 4. The zero-order chi connectivity index (χ0) is 13.1. The minimum atomic E-state index is 0.614. The highest BCUT2D eigenvalue weighted by atomic mass is 15.3. The molecule has 0 spiro atoms. The SMILES string of the molecule is CC(C)CN(C)c1ccc2nc(CCN)cn2n1. The van der Waals surface area contributed by atoms with Crippen LogP contribution < -0.4 is 10.6 Å². The topological polar surface area (TPSA) is 59.5 Å². The molecule has 0 atom stereocenters. The molecule has 2 aromatic heterocycles. The molecular formula is C13H21N5. The van der Waals surface area contributed by atoms with Gasteiger partial charge in [-0.2, -0.15) is 0 Å². The Morgan fingerprint density at radius 3 is 2.83 bits per heavy atom. The Morgan fingerprint density at radius 1 is 1.39 bits per heavy atom. The summed E-state index contributed by atoms with van der Waals surface area (Å²) in [6.07, 6.45) is 2.75. The van der Waals surface area contributed by atoms with E-state index in [0.29, 0.717) is 12.5 Å². The van der Waals surface area contributed by atoms with E-state index in [9.17, 15) is 0 Å². The van der Waals surface area contributed by atoms with Gasteiger partial charge in [0.1, 0.15) is 5.82 Å². The van der Waals surface area contributed by atoms with E-state index >= 15 is 0 Å². The fourth-order valence-electron chi connectivity index (χ4n) is 2.03. The molecule has 5 nitrogen and oxygen atoms in total. The molecule has 18 heavy (non-hydrogen) atoms. The Labute approximate surface area is 108 Å². The highest BCUT2D eigenvalue weighted by molar-refractivity contribution is 5.46. The van der Waals surface area contributed by atoms with Crippen LogP contribution in [0.5, 0.6) is 0 Å². The second-order valence-electron chi connectivity index (χ2n) is 5.04. The molecule has 0 unspecified atom stereocenters. The average Bonchev–Trinajstić information content (AvgIpc) is 2.69. The summed E-state index contributed by atoms with van der Waals surface area (Å²) >= 11 is 0. The molecule has 0 saturated carbocycles. The quantitative estimate of drug-likeness (QED) is 0.865. The minimum absolute atomic E-state index is 0.614. The highest BCUT2D eigenvalue weighted by Crippen LogP contribution is 2.12.